The van der Waals surface area contributed by atoms with E-state index in [1.54, 1.807) is 6.20 Å². The van der Waals surface area contributed by atoms with Gasteiger partial charge in [0, 0.05) is 25.5 Å². The zero-order valence-corrected chi connectivity index (χ0v) is 12.5. The number of aromatic nitrogens is 1. The molecule has 1 unspecified atom stereocenters. The van der Waals surface area contributed by atoms with Crippen LogP contribution in [0.5, 0.6) is 5.75 Å². The third-order valence-corrected chi connectivity index (χ3v) is 3.21. The van der Waals surface area contributed by atoms with Crippen LogP contribution in [-0.4, -0.2) is 29.3 Å². The van der Waals surface area contributed by atoms with Gasteiger partial charge in [-0.1, -0.05) is 18.2 Å². The number of aliphatic hydroxyl groups excluding tert-OH is 1. The summed E-state index contributed by atoms with van der Waals surface area (Å²) in [5, 5.41) is 13.1. The molecule has 0 amide bonds. The molecule has 1 heterocycles. The third kappa shape index (κ3) is 5.17. The van der Waals surface area contributed by atoms with Crippen molar-refractivity contribution in [1.29, 1.82) is 0 Å². The molecule has 2 aromatic rings. The zero-order valence-electron chi connectivity index (χ0n) is 12.5. The van der Waals surface area contributed by atoms with Gasteiger partial charge in [-0.15, -0.1) is 0 Å². The Morgan fingerprint density at radius 2 is 2.14 bits per heavy atom. The molecule has 0 fully saturated rings. The van der Waals surface area contributed by atoms with Crippen LogP contribution in [0.15, 0.2) is 42.7 Å². The van der Waals surface area contributed by atoms with Crippen LogP contribution in [0.3, 0.4) is 0 Å². The Bertz CT molecular complexity index is 558. The van der Waals surface area contributed by atoms with Gasteiger partial charge >= 0.3 is 0 Å². The highest BCUT2D eigenvalue weighted by molar-refractivity contribution is 5.35. The van der Waals surface area contributed by atoms with Crippen LogP contribution in [-0.2, 0) is 6.54 Å². The Morgan fingerprint density at radius 3 is 2.90 bits per heavy atom. The van der Waals surface area contributed by atoms with Crippen molar-refractivity contribution in [3.63, 3.8) is 0 Å². The van der Waals surface area contributed by atoms with Gasteiger partial charge in [0.25, 0.3) is 0 Å². The average molecular weight is 286 g/mol. The standard InChI is InChI=1S/C17H22N2O2/c1-13-5-6-14(2)17(8-13)21-12-16(20)11-19-10-15-4-3-7-18-9-15/h3-9,16,19-20H,10-12H2,1-2H3. The van der Waals surface area contributed by atoms with E-state index in [4.69, 9.17) is 4.74 Å². The second-order valence-corrected chi connectivity index (χ2v) is 5.23. The van der Waals surface area contributed by atoms with E-state index in [2.05, 4.69) is 10.3 Å². The van der Waals surface area contributed by atoms with Crippen LogP contribution < -0.4 is 10.1 Å². The second-order valence-electron chi connectivity index (χ2n) is 5.23. The lowest BCUT2D eigenvalue weighted by molar-refractivity contribution is 0.106. The van der Waals surface area contributed by atoms with Crippen molar-refractivity contribution in [2.75, 3.05) is 13.2 Å². The van der Waals surface area contributed by atoms with Crippen molar-refractivity contribution in [3.8, 4) is 5.75 Å². The van der Waals surface area contributed by atoms with E-state index in [1.807, 2.05) is 50.4 Å². The quantitative estimate of drug-likeness (QED) is 0.819. The van der Waals surface area contributed by atoms with Gasteiger partial charge in [0.15, 0.2) is 0 Å². The Kier molecular flexibility index (Phi) is 5.72. The molecule has 112 valence electrons. The first-order valence-electron chi connectivity index (χ1n) is 7.13. The minimum atomic E-state index is -0.540. The van der Waals surface area contributed by atoms with E-state index in [9.17, 15) is 5.11 Å². The fraction of sp³-hybridized carbons (Fsp3) is 0.353. The molecule has 0 saturated heterocycles. The van der Waals surface area contributed by atoms with E-state index in [0.717, 1.165) is 22.4 Å². The molecule has 2 rings (SSSR count). The molecule has 0 aliphatic carbocycles. The molecule has 21 heavy (non-hydrogen) atoms. The number of benzene rings is 1. The Labute approximate surface area is 125 Å². The van der Waals surface area contributed by atoms with Gasteiger partial charge in [0.1, 0.15) is 18.5 Å². The SMILES string of the molecule is Cc1ccc(C)c(OCC(O)CNCc2cccnc2)c1. The second kappa shape index (κ2) is 7.76. The van der Waals surface area contributed by atoms with Crippen molar-refractivity contribution < 1.29 is 9.84 Å². The van der Waals surface area contributed by atoms with E-state index in [1.165, 1.54) is 0 Å². The maximum absolute atomic E-state index is 9.95. The fourth-order valence-corrected chi connectivity index (χ4v) is 1.99. The maximum atomic E-state index is 9.95. The average Bonchev–Trinajstić information content (AvgIpc) is 2.49. The van der Waals surface area contributed by atoms with Crippen molar-refractivity contribution in [1.82, 2.24) is 10.3 Å². The summed E-state index contributed by atoms with van der Waals surface area (Å²) in [5.41, 5.74) is 3.33. The lowest BCUT2D eigenvalue weighted by atomic mass is 10.1. The van der Waals surface area contributed by atoms with Crippen LogP contribution in [0.1, 0.15) is 16.7 Å². The molecule has 0 aliphatic rings. The largest absolute Gasteiger partial charge is 0.491 e. The molecule has 0 aliphatic heterocycles. The summed E-state index contributed by atoms with van der Waals surface area (Å²) in [5.74, 6) is 0.835. The van der Waals surface area contributed by atoms with Crippen LogP contribution >= 0.6 is 0 Å². The molecule has 0 radical (unpaired) electrons. The van der Waals surface area contributed by atoms with Gasteiger partial charge in [-0.05, 0) is 42.7 Å². The number of hydrogen-bond acceptors (Lipinski definition) is 4. The van der Waals surface area contributed by atoms with Gasteiger partial charge in [-0.2, -0.15) is 0 Å². The van der Waals surface area contributed by atoms with Gasteiger partial charge in [0.2, 0.25) is 0 Å². The van der Waals surface area contributed by atoms with Crippen molar-refractivity contribution in [2.45, 2.75) is 26.5 Å². The molecule has 4 nitrogen and oxygen atoms in total. The number of ether oxygens (including phenoxy) is 1. The third-order valence-electron chi connectivity index (χ3n) is 3.21. The van der Waals surface area contributed by atoms with Crippen LogP contribution in [0.2, 0.25) is 0 Å². The molecule has 0 saturated carbocycles. The summed E-state index contributed by atoms with van der Waals surface area (Å²) in [7, 11) is 0. The molecule has 2 N–H and O–H groups in total. The van der Waals surface area contributed by atoms with E-state index in [-0.39, 0.29) is 6.61 Å². The van der Waals surface area contributed by atoms with Crippen molar-refractivity contribution in [2.24, 2.45) is 0 Å². The van der Waals surface area contributed by atoms with Crippen molar-refractivity contribution >= 4 is 0 Å². The summed E-state index contributed by atoms with van der Waals surface area (Å²) < 4.78 is 5.68. The number of aryl methyl sites for hydroxylation is 2. The van der Waals surface area contributed by atoms with Crippen LogP contribution in [0, 0.1) is 13.8 Å². The summed E-state index contributed by atoms with van der Waals surface area (Å²) >= 11 is 0. The normalized spacial score (nSPS) is 12.1. The number of nitrogens with zero attached hydrogens (tertiary/aromatic N) is 1. The predicted octanol–water partition coefficient (Wildman–Crippen LogP) is 2.23. The van der Waals surface area contributed by atoms with Gasteiger partial charge in [0.05, 0.1) is 0 Å². The summed E-state index contributed by atoms with van der Waals surface area (Å²) in [4.78, 5) is 4.05. The number of nitrogens with one attached hydrogen (secondary N) is 1. The Morgan fingerprint density at radius 1 is 1.29 bits per heavy atom. The van der Waals surface area contributed by atoms with Crippen molar-refractivity contribution in [3.05, 3.63) is 59.4 Å². The first kappa shape index (κ1) is 15.5. The monoisotopic (exact) mass is 286 g/mol. The fourth-order valence-electron chi connectivity index (χ4n) is 1.99. The minimum absolute atomic E-state index is 0.282. The van der Waals surface area contributed by atoms with Gasteiger partial charge in [-0.3, -0.25) is 4.98 Å². The van der Waals surface area contributed by atoms with E-state index >= 15 is 0 Å². The molecule has 4 heteroatoms. The lowest BCUT2D eigenvalue weighted by Crippen LogP contribution is -2.31. The first-order valence-corrected chi connectivity index (χ1v) is 7.13. The predicted molar refractivity (Wildman–Crippen MR) is 83.4 cm³/mol. The molecular formula is C17H22N2O2. The zero-order chi connectivity index (χ0) is 15.1. The topological polar surface area (TPSA) is 54.4 Å². The molecule has 1 atom stereocenters. The summed E-state index contributed by atoms with van der Waals surface area (Å²) in [6, 6.07) is 9.97. The molecule has 0 spiro atoms. The molecule has 1 aromatic carbocycles. The first-order chi connectivity index (χ1) is 10.1. The highest BCUT2D eigenvalue weighted by atomic mass is 16.5. The summed E-state index contributed by atoms with van der Waals surface area (Å²) in [6.07, 6.45) is 3.02. The Hall–Kier alpha value is -1.91. The molecular weight excluding hydrogens is 264 g/mol. The van der Waals surface area contributed by atoms with Crippen LogP contribution in [0.4, 0.5) is 0 Å². The Balaban J connectivity index is 1.72. The number of hydrogen-bond donors (Lipinski definition) is 2. The lowest BCUT2D eigenvalue weighted by Gasteiger charge is -2.15. The van der Waals surface area contributed by atoms with E-state index < -0.39 is 6.10 Å². The molecule has 0 bridgehead atoms. The van der Waals surface area contributed by atoms with Crippen LogP contribution in [0.25, 0.3) is 0 Å². The number of aliphatic hydroxyl groups is 1. The number of pyridine rings is 1. The van der Waals surface area contributed by atoms with Gasteiger partial charge < -0.3 is 15.2 Å². The van der Waals surface area contributed by atoms with E-state index in [0.29, 0.717) is 13.1 Å². The summed E-state index contributed by atoms with van der Waals surface area (Å²) in [6.45, 7) is 5.48. The maximum Gasteiger partial charge on any atom is 0.122 e. The highest BCUT2D eigenvalue weighted by Crippen LogP contribution is 2.19. The van der Waals surface area contributed by atoms with Gasteiger partial charge in [-0.25, -0.2) is 0 Å². The molecule has 1 aromatic heterocycles. The minimum Gasteiger partial charge on any atom is -0.491 e. The highest BCUT2D eigenvalue weighted by Gasteiger charge is 2.06. The smallest absolute Gasteiger partial charge is 0.122 e. The number of rotatable bonds is 7.